The lowest BCUT2D eigenvalue weighted by atomic mass is 10.2. The molecule has 0 aliphatic carbocycles. The Morgan fingerprint density at radius 2 is 2.17 bits per heavy atom. The Balaban J connectivity index is 2.69. The second-order valence-corrected chi connectivity index (χ2v) is 6.10. The fourth-order valence-corrected chi connectivity index (χ4v) is 3.17. The molecule has 106 valence electrons. The molecule has 0 spiro atoms. The summed E-state index contributed by atoms with van der Waals surface area (Å²) in [6.07, 6.45) is -0.862. The third-order valence-corrected chi connectivity index (χ3v) is 4.18. The van der Waals surface area contributed by atoms with Crippen LogP contribution >= 0.6 is 0 Å². The van der Waals surface area contributed by atoms with Crippen LogP contribution in [-0.4, -0.2) is 68.1 Å². The summed E-state index contributed by atoms with van der Waals surface area (Å²) in [7, 11) is -3.71. The van der Waals surface area contributed by atoms with Crippen LogP contribution in [0.25, 0.3) is 0 Å². The van der Waals surface area contributed by atoms with Crippen molar-refractivity contribution in [2.75, 3.05) is 32.1 Å². The molecule has 0 aromatic rings. The molecule has 2 atom stereocenters. The van der Waals surface area contributed by atoms with E-state index >= 15 is 0 Å². The minimum absolute atomic E-state index is 0.0581. The minimum Gasteiger partial charge on any atom is -0.465 e. The first-order chi connectivity index (χ1) is 8.39. The molecule has 1 N–H and O–H groups in total. The van der Waals surface area contributed by atoms with Crippen molar-refractivity contribution in [1.82, 2.24) is 4.31 Å². The monoisotopic (exact) mass is 281 g/mol. The van der Waals surface area contributed by atoms with Crippen LogP contribution in [0.5, 0.6) is 0 Å². The molecule has 0 saturated carbocycles. The fourth-order valence-electron chi connectivity index (χ4n) is 1.77. The van der Waals surface area contributed by atoms with Crippen LogP contribution in [0, 0.1) is 0 Å². The molecule has 1 rings (SSSR count). The number of aliphatic hydroxyl groups excluding tert-OH is 1. The number of esters is 1. The second kappa shape index (κ2) is 6.46. The van der Waals surface area contributed by atoms with Crippen molar-refractivity contribution in [2.24, 2.45) is 0 Å². The first-order valence-electron chi connectivity index (χ1n) is 5.78. The normalized spacial score (nSPS) is 25.9. The lowest BCUT2D eigenvalue weighted by Crippen LogP contribution is -2.51. The zero-order valence-corrected chi connectivity index (χ0v) is 11.4. The van der Waals surface area contributed by atoms with Crippen LogP contribution in [0.3, 0.4) is 0 Å². The van der Waals surface area contributed by atoms with Gasteiger partial charge in [-0.1, -0.05) is 0 Å². The Morgan fingerprint density at radius 1 is 1.50 bits per heavy atom. The second-order valence-electron chi connectivity index (χ2n) is 4.13. The number of ether oxygens (including phenoxy) is 2. The molecule has 2 unspecified atom stereocenters. The number of hydrogen-bond donors (Lipinski definition) is 1. The summed E-state index contributed by atoms with van der Waals surface area (Å²) in [6.45, 7) is 3.46. The zero-order chi connectivity index (χ0) is 13.8. The fraction of sp³-hybridized carbons (Fsp3) is 0.900. The molecule has 7 nitrogen and oxygen atoms in total. The highest BCUT2D eigenvalue weighted by atomic mass is 32.2. The van der Waals surface area contributed by atoms with E-state index in [0.29, 0.717) is 0 Å². The smallest absolute Gasteiger partial charge is 0.322 e. The SMILES string of the molecule is CCOC(=O)CS(=O)(=O)N1CC(C)OC(CO)C1. The van der Waals surface area contributed by atoms with Crippen molar-refractivity contribution >= 4 is 16.0 Å². The molecule has 0 aromatic heterocycles. The number of carbonyl (C=O) groups is 1. The first-order valence-corrected chi connectivity index (χ1v) is 7.39. The van der Waals surface area contributed by atoms with E-state index in [1.165, 1.54) is 4.31 Å². The van der Waals surface area contributed by atoms with Crippen LogP contribution in [0.15, 0.2) is 0 Å². The van der Waals surface area contributed by atoms with Gasteiger partial charge in [0.05, 0.1) is 25.4 Å². The topological polar surface area (TPSA) is 93.1 Å². The summed E-state index contributed by atoms with van der Waals surface area (Å²) in [5.41, 5.74) is 0. The van der Waals surface area contributed by atoms with Gasteiger partial charge in [0.1, 0.15) is 0 Å². The molecule has 0 bridgehead atoms. The van der Waals surface area contributed by atoms with E-state index in [2.05, 4.69) is 4.74 Å². The van der Waals surface area contributed by atoms with E-state index in [9.17, 15) is 13.2 Å². The average Bonchev–Trinajstić information content (AvgIpc) is 2.27. The van der Waals surface area contributed by atoms with E-state index in [-0.39, 0.29) is 32.4 Å². The van der Waals surface area contributed by atoms with Crippen molar-refractivity contribution < 1.29 is 27.8 Å². The number of carbonyl (C=O) groups excluding carboxylic acids is 1. The third-order valence-electron chi connectivity index (χ3n) is 2.50. The quantitative estimate of drug-likeness (QED) is 0.647. The zero-order valence-electron chi connectivity index (χ0n) is 10.5. The number of hydrogen-bond acceptors (Lipinski definition) is 6. The number of nitrogens with zero attached hydrogens (tertiary/aromatic N) is 1. The van der Waals surface area contributed by atoms with Gasteiger partial charge in [0.15, 0.2) is 5.75 Å². The van der Waals surface area contributed by atoms with E-state index < -0.39 is 27.8 Å². The molecular formula is C10H19NO6S. The van der Waals surface area contributed by atoms with E-state index in [1.807, 2.05) is 0 Å². The average molecular weight is 281 g/mol. The highest BCUT2D eigenvalue weighted by molar-refractivity contribution is 7.89. The highest BCUT2D eigenvalue weighted by Crippen LogP contribution is 2.15. The molecular weight excluding hydrogens is 262 g/mol. The predicted molar refractivity (Wildman–Crippen MR) is 63.4 cm³/mol. The number of morpholine rings is 1. The van der Waals surface area contributed by atoms with Crippen LogP contribution in [0.4, 0.5) is 0 Å². The molecule has 0 amide bonds. The van der Waals surface area contributed by atoms with E-state index in [0.717, 1.165) is 0 Å². The lowest BCUT2D eigenvalue weighted by Gasteiger charge is -2.34. The van der Waals surface area contributed by atoms with Crippen molar-refractivity contribution in [3.63, 3.8) is 0 Å². The molecule has 1 aliphatic rings. The maximum atomic E-state index is 12.0. The van der Waals surface area contributed by atoms with Crippen LogP contribution in [0.1, 0.15) is 13.8 Å². The Bertz CT molecular complexity index is 382. The molecule has 1 heterocycles. The van der Waals surface area contributed by atoms with Crippen molar-refractivity contribution in [3.05, 3.63) is 0 Å². The van der Waals surface area contributed by atoms with E-state index in [1.54, 1.807) is 13.8 Å². The number of rotatable bonds is 5. The standard InChI is InChI=1S/C10H19NO6S/c1-3-16-10(13)7-18(14,15)11-4-8(2)17-9(5-11)6-12/h8-9,12H,3-7H2,1-2H3. The Morgan fingerprint density at radius 3 is 2.72 bits per heavy atom. The summed E-state index contributed by atoms with van der Waals surface area (Å²) in [5, 5.41) is 9.02. The van der Waals surface area contributed by atoms with Gasteiger partial charge in [-0.3, -0.25) is 4.79 Å². The number of sulfonamides is 1. The van der Waals surface area contributed by atoms with Gasteiger partial charge >= 0.3 is 5.97 Å². The van der Waals surface area contributed by atoms with Gasteiger partial charge in [0, 0.05) is 13.1 Å². The summed E-state index contributed by atoms with van der Waals surface area (Å²) in [5.74, 6) is -1.44. The maximum absolute atomic E-state index is 12.0. The van der Waals surface area contributed by atoms with Gasteiger partial charge < -0.3 is 14.6 Å². The van der Waals surface area contributed by atoms with Crippen LogP contribution in [-0.2, 0) is 24.3 Å². The Labute approximate surface area is 107 Å². The summed E-state index contributed by atoms with van der Waals surface area (Å²) in [6, 6.07) is 0. The van der Waals surface area contributed by atoms with Crippen molar-refractivity contribution in [1.29, 1.82) is 0 Å². The first kappa shape index (κ1) is 15.4. The van der Waals surface area contributed by atoms with Gasteiger partial charge in [-0.2, -0.15) is 4.31 Å². The molecule has 0 aromatic carbocycles. The van der Waals surface area contributed by atoms with Gasteiger partial charge in [0.2, 0.25) is 10.0 Å². The lowest BCUT2D eigenvalue weighted by molar-refractivity contribution is -0.140. The maximum Gasteiger partial charge on any atom is 0.322 e. The van der Waals surface area contributed by atoms with Gasteiger partial charge in [-0.25, -0.2) is 8.42 Å². The molecule has 1 fully saturated rings. The third kappa shape index (κ3) is 4.20. The number of aliphatic hydroxyl groups is 1. The van der Waals surface area contributed by atoms with Crippen molar-refractivity contribution in [2.45, 2.75) is 26.1 Å². The van der Waals surface area contributed by atoms with E-state index in [4.69, 9.17) is 9.84 Å². The summed E-state index contributed by atoms with van der Waals surface area (Å²) in [4.78, 5) is 11.2. The largest absolute Gasteiger partial charge is 0.465 e. The van der Waals surface area contributed by atoms with Gasteiger partial charge in [0.25, 0.3) is 0 Å². The van der Waals surface area contributed by atoms with Gasteiger partial charge in [-0.15, -0.1) is 0 Å². The predicted octanol–water partition coefficient (Wildman–Crippen LogP) is -1.04. The van der Waals surface area contributed by atoms with Gasteiger partial charge in [-0.05, 0) is 13.8 Å². The Kier molecular flexibility index (Phi) is 5.51. The molecule has 18 heavy (non-hydrogen) atoms. The van der Waals surface area contributed by atoms with Crippen LogP contribution < -0.4 is 0 Å². The molecule has 8 heteroatoms. The highest BCUT2D eigenvalue weighted by Gasteiger charge is 2.34. The molecule has 1 saturated heterocycles. The summed E-state index contributed by atoms with van der Waals surface area (Å²) < 4.78 is 35.1. The Hall–Kier alpha value is -0.700. The molecule has 1 aliphatic heterocycles. The summed E-state index contributed by atoms with van der Waals surface area (Å²) >= 11 is 0. The van der Waals surface area contributed by atoms with Crippen LogP contribution in [0.2, 0.25) is 0 Å². The minimum atomic E-state index is -3.71. The van der Waals surface area contributed by atoms with Crippen molar-refractivity contribution in [3.8, 4) is 0 Å². The molecule has 0 radical (unpaired) electrons.